The van der Waals surface area contributed by atoms with Crippen molar-refractivity contribution >= 4 is 17.7 Å². The van der Waals surface area contributed by atoms with Crippen LogP contribution in [0, 0.1) is 0 Å². The first-order chi connectivity index (χ1) is 7.54. The fraction of sp³-hybridized carbons (Fsp3) is 0.273. The van der Waals surface area contributed by atoms with E-state index in [-0.39, 0.29) is 11.9 Å². The molecular formula is C11H14N2O3. The van der Waals surface area contributed by atoms with Gasteiger partial charge >= 0.3 is 12.0 Å². The molecular weight excluding hydrogens is 208 g/mol. The van der Waals surface area contributed by atoms with Crippen molar-refractivity contribution in [2.24, 2.45) is 5.73 Å². The fourth-order valence-electron chi connectivity index (χ4n) is 1.31. The Balaban J connectivity index is 2.78. The predicted octanol–water partition coefficient (Wildman–Crippen LogP) is 1.45. The van der Waals surface area contributed by atoms with Gasteiger partial charge in [0.2, 0.25) is 0 Å². The number of ether oxygens (including phenoxy) is 1. The number of rotatable bonds is 3. The number of nitrogens with one attached hydrogen (secondary N) is 1. The molecule has 1 atom stereocenters. The summed E-state index contributed by atoms with van der Waals surface area (Å²) in [6.07, 6.45) is 0. The van der Waals surface area contributed by atoms with Gasteiger partial charge in [0, 0.05) is 5.69 Å². The molecule has 86 valence electrons. The Morgan fingerprint density at radius 1 is 1.31 bits per heavy atom. The summed E-state index contributed by atoms with van der Waals surface area (Å²) in [6, 6.07) is 6.23. The van der Waals surface area contributed by atoms with Gasteiger partial charge in [-0.15, -0.1) is 0 Å². The molecule has 0 bridgehead atoms. The van der Waals surface area contributed by atoms with Crippen LogP contribution in [-0.4, -0.2) is 19.1 Å². The van der Waals surface area contributed by atoms with E-state index in [2.05, 4.69) is 10.1 Å². The van der Waals surface area contributed by atoms with Crippen LogP contribution >= 0.6 is 0 Å². The van der Waals surface area contributed by atoms with Gasteiger partial charge in [-0.2, -0.15) is 0 Å². The maximum atomic E-state index is 11.3. The van der Waals surface area contributed by atoms with E-state index in [1.165, 1.54) is 7.11 Å². The van der Waals surface area contributed by atoms with Gasteiger partial charge in [0.25, 0.3) is 0 Å². The largest absolute Gasteiger partial charge is 0.469 e. The Morgan fingerprint density at radius 3 is 2.31 bits per heavy atom. The number of amides is 2. The molecule has 5 heteroatoms. The Hall–Kier alpha value is -2.04. The van der Waals surface area contributed by atoms with Crippen LogP contribution in [0.4, 0.5) is 10.5 Å². The zero-order valence-electron chi connectivity index (χ0n) is 9.19. The maximum absolute atomic E-state index is 11.3. The van der Waals surface area contributed by atoms with Crippen molar-refractivity contribution in [1.82, 2.24) is 0 Å². The summed E-state index contributed by atoms with van der Waals surface area (Å²) in [7, 11) is 1.35. The highest BCUT2D eigenvalue weighted by molar-refractivity contribution is 5.87. The highest BCUT2D eigenvalue weighted by atomic mass is 16.5. The second-order valence-corrected chi connectivity index (χ2v) is 3.36. The Bertz CT molecular complexity index is 387. The summed E-state index contributed by atoms with van der Waals surface area (Å²) < 4.78 is 4.63. The summed E-state index contributed by atoms with van der Waals surface area (Å²) in [5, 5.41) is 2.44. The van der Waals surface area contributed by atoms with E-state index in [0.717, 1.165) is 5.56 Å². The molecule has 0 aromatic heterocycles. The predicted molar refractivity (Wildman–Crippen MR) is 60.1 cm³/mol. The van der Waals surface area contributed by atoms with Gasteiger partial charge < -0.3 is 15.8 Å². The molecule has 1 rings (SSSR count). The standard InChI is InChI=1S/C11H14N2O3/c1-7(10(14)16-2)8-3-5-9(6-4-8)13-11(12)15/h3-7H,1-2H3,(H3,12,13,15)/t7-/m1/s1. The van der Waals surface area contributed by atoms with Crippen molar-refractivity contribution in [1.29, 1.82) is 0 Å². The smallest absolute Gasteiger partial charge is 0.316 e. The van der Waals surface area contributed by atoms with Gasteiger partial charge in [0.15, 0.2) is 0 Å². The number of anilines is 1. The molecule has 0 aliphatic carbocycles. The third-order valence-corrected chi connectivity index (χ3v) is 2.23. The number of hydrogen-bond acceptors (Lipinski definition) is 3. The fourth-order valence-corrected chi connectivity index (χ4v) is 1.31. The van der Waals surface area contributed by atoms with Crippen LogP contribution in [0.25, 0.3) is 0 Å². The average molecular weight is 222 g/mol. The number of esters is 1. The van der Waals surface area contributed by atoms with Gasteiger partial charge in [-0.05, 0) is 24.6 Å². The summed E-state index contributed by atoms with van der Waals surface area (Å²) in [5.41, 5.74) is 6.38. The van der Waals surface area contributed by atoms with E-state index in [1.54, 1.807) is 31.2 Å². The lowest BCUT2D eigenvalue weighted by molar-refractivity contribution is -0.141. The van der Waals surface area contributed by atoms with Crippen molar-refractivity contribution in [3.05, 3.63) is 29.8 Å². The van der Waals surface area contributed by atoms with E-state index in [1.807, 2.05) is 0 Å². The van der Waals surface area contributed by atoms with E-state index in [9.17, 15) is 9.59 Å². The van der Waals surface area contributed by atoms with Gasteiger partial charge in [-0.3, -0.25) is 4.79 Å². The molecule has 0 aliphatic rings. The molecule has 1 aromatic rings. The van der Waals surface area contributed by atoms with Gasteiger partial charge in [-0.25, -0.2) is 4.79 Å². The summed E-state index contributed by atoms with van der Waals surface area (Å²) >= 11 is 0. The highest BCUT2D eigenvalue weighted by Gasteiger charge is 2.14. The first kappa shape index (κ1) is 12.0. The number of urea groups is 1. The molecule has 0 heterocycles. The summed E-state index contributed by atoms with van der Waals surface area (Å²) in [5.74, 6) is -0.622. The normalized spacial score (nSPS) is 11.6. The Morgan fingerprint density at radius 2 is 1.88 bits per heavy atom. The monoisotopic (exact) mass is 222 g/mol. The number of hydrogen-bond donors (Lipinski definition) is 2. The molecule has 0 unspecified atom stereocenters. The lowest BCUT2D eigenvalue weighted by Crippen LogP contribution is -2.19. The minimum atomic E-state index is -0.617. The first-order valence-electron chi connectivity index (χ1n) is 4.79. The van der Waals surface area contributed by atoms with Crippen LogP contribution in [-0.2, 0) is 9.53 Å². The molecule has 2 amide bonds. The first-order valence-corrected chi connectivity index (χ1v) is 4.79. The van der Waals surface area contributed by atoms with Gasteiger partial charge in [0.05, 0.1) is 13.0 Å². The number of carbonyl (C=O) groups excluding carboxylic acids is 2. The third-order valence-electron chi connectivity index (χ3n) is 2.23. The lowest BCUT2D eigenvalue weighted by Gasteiger charge is -2.10. The maximum Gasteiger partial charge on any atom is 0.316 e. The second kappa shape index (κ2) is 5.16. The number of benzene rings is 1. The molecule has 0 saturated carbocycles. The molecule has 0 fully saturated rings. The van der Waals surface area contributed by atoms with Crippen molar-refractivity contribution in [3.8, 4) is 0 Å². The summed E-state index contributed by atoms with van der Waals surface area (Å²) in [4.78, 5) is 21.8. The molecule has 0 aliphatic heterocycles. The van der Waals surface area contributed by atoms with Crippen molar-refractivity contribution in [2.75, 3.05) is 12.4 Å². The van der Waals surface area contributed by atoms with Crippen LogP contribution < -0.4 is 11.1 Å². The molecule has 0 spiro atoms. The second-order valence-electron chi connectivity index (χ2n) is 3.36. The van der Waals surface area contributed by atoms with Crippen LogP contribution in [0.2, 0.25) is 0 Å². The van der Waals surface area contributed by atoms with Gasteiger partial charge in [0.1, 0.15) is 0 Å². The number of primary amides is 1. The van der Waals surface area contributed by atoms with Gasteiger partial charge in [-0.1, -0.05) is 12.1 Å². The van der Waals surface area contributed by atoms with E-state index < -0.39 is 6.03 Å². The van der Waals surface area contributed by atoms with Crippen LogP contribution in [0.3, 0.4) is 0 Å². The van der Waals surface area contributed by atoms with Crippen molar-refractivity contribution < 1.29 is 14.3 Å². The number of nitrogens with two attached hydrogens (primary N) is 1. The van der Waals surface area contributed by atoms with Crippen molar-refractivity contribution in [3.63, 3.8) is 0 Å². The average Bonchev–Trinajstić information content (AvgIpc) is 2.27. The Labute approximate surface area is 93.6 Å². The van der Waals surface area contributed by atoms with Crippen molar-refractivity contribution in [2.45, 2.75) is 12.8 Å². The molecule has 0 saturated heterocycles. The zero-order valence-corrected chi connectivity index (χ0v) is 9.19. The Kier molecular flexibility index (Phi) is 3.88. The summed E-state index contributed by atoms with van der Waals surface area (Å²) in [6.45, 7) is 1.75. The minimum absolute atomic E-state index is 0.296. The minimum Gasteiger partial charge on any atom is -0.469 e. The SMILES string of the molecule is COC(=O)[C@H](C)c1ccc(NC(N)=O)cc1. The molecule has 0 radical (unpaired) electrons. The number of carbonyl (C=O) groups is 2. The van der Waals surface area contributed by atoms with Crippen LogP contribution in [0.15, 0.2) is 24.3 Å². The molecule has 1 aromatic carbocycles. The molecule has 16 heavy (non-hydrogen) atoms. The van der Waals surface area contributed by atoms with Crippen LogP contribution in [0.5, 0.6) is 0 Å². The van der Waals surface area contributed by atoms with E-state index >= 15 is 0 Å². The lowest BCUT2D eigenvalue weighted by atomic mass is 10.0. The number of methoxy groups -OCH3 is 1. The quantitative estimate of drug-likeness (QED) is 0.759. The zero-order chi connectivity index (χ0) is 12.1. The molecule has 5 nitrogen and oxygen atoms in total. The topological polar surface area (TPSA) is 81.4 Å². The molecule has 3 N–H and O–H groups in total. The van der Waals surface area contributed by atoms with E-state index in [0.29, 0.717) is 5.69 Å². The van der Waals surface area contributed by atoms with E-state index in [4.69, 9.17) is 5.73 Å². The highest BCUT2D eigenvalue weighted by Crippen LogP contribution is 2.18. The van der Waals surface area contributed by atoms with Crippen LogP contribution in [0.1, 0.15) is 18.4 Å². The third kappa shape index (κ3) is 2.98.